The predicted molar refractivity (Wildman–Crippen MR) is 70.9 cm³/mol. The Morgan fingerprint density at radius 1 is 1.14 bits per heavy atom. The Kier molecular flexibility index (Phi) is 4.42. The summed E-state index contributed by atoms with van der Waals surface area (Å²) in [6.45, 7) is 0. The van der Waals surface area contributed by atoms with Crippen molar-refractivity contribution >= 4 is 0 Å². The SMILES string of the molecule is CNC(c1cccc(C(F)(F)F)c1)c1ccc(OC)nn1. The second kappa shape index (κ2) is 6.09. The van der Waals surface area contributed by atoms with Crippen molar-refractivity contribution in [3.63, 3.8) is 0 Å². The average Bonchev–Trinajstić information content (AvgIpc) is 2.48. The van der Waals surface area contributed by atoms with Gasteiger partial charge in [-0.2, -0.15) is 13.2 Å². The lowest BCUT2D eigenvalue weighted by molar-refractivity contribution is -0.137. The van der Waals surface area contributed by atoms with Crippen molar-refractivity contribution < 1.29 is 17.9 Å². The number of hydrogen-bond donors (Lipinski definition) is 1. The van der Waals surface area contributed by atoms with Gasteiger partial charge in [0.05, 0.1) is 24.4 Å². The molecule has 21 heavy (non-hydrogen) atoms. The van der Waals surface area contributed by atoms with Crippen LogP contribution in [0.2, 0.25) is 0 Å². The van der Waals surface area contributed by atoms with Gasteiger partial charge in [-0.25, -0.2) is 0 Å². The third-order valence-corrected chi connectivity index (χ3v) is 3.00. The summed E-state index contributed by atoms with van der Waals surface area (Å²) in [5.74, 6) is 0.345. The Morgan fingerprint density at radius 3 is 2.43 bits per heavy atom. The van der Waals surface area contributed by atoms with E-state index < -0.39 is 17.8 Å². The van der Waals surface area contributed by atoms with Crippen LogP contribution in [-0.4, -0.2) is 24.4 Å². The van der Waals surface area contributed by atoms with E-state index in [1.807, 2.05) is 0 Å². The van der Waals surface area contributed by atoms with Crippen LogP contribution < -0.4 is 10.1 Å². The van der Waals surface area contributed by atoms with Crippen LogP contribution in [0.4, 0.5) is 13.2 Å². The highest BCUT2D eigenvalue weighted by atomic mass is 19.4. The van der Waals surface area contributed by atoms with Crippen molar-refractivity contribution in [2.75, 3.05) is 14.2 Å². The Bertz CT molecular complexity index is 599. The number of rotatable bonds is 4. The maximum Gasteiger partial charge on any atom is 0.416 e. The Labute approximate surface area is 120 Å². The van der Waals surface area contributed by atoms with E-state index in [1.54, 1.807) is 25.2 Å². The Balaban J connectivity index is 2.36. The number of alkyl halides is 3. The summed E-state index contributed by atoms with van der Waals surface area (Å²) < 4.78 is 43.2. The number of nitrogens with zero attached hydrogens (tertiary/aromatic N) is 2. The van der Waals surface area contributed by atoms with Crippen molar-refractivity contribution in [3.05, 3.63) is 53.2 Å². The molecule has 2 rings (SSSR count). The molecule has 1 unspecified atom stereocenters. The lowest BCUT2D eigenvalue weighted by Gasteiger charge is -2.17. The van der Waals surface area contributed by atoms with Crippen LogP contribution in [0, 0.1) is 0 Å². The number of ether oxygens (including phenoxy) is 1. The fourth-order valence-corrected chi connectivity index (χ4v) is 1.97. The van der Waals surface area contributed by atoms with Gasteiger partial charge in [-0.3, -0.25) is 0 Å². The number of aromatic nitrogens is 2. The van der Waals surface area contributed by atoms with Crippen molar-refractivity contribution in [1.82, 2.24) is 15.5 Å². The number of nitrogens with one attached hydrogen (secondary N) is 1. The topological polar surface area (TPSA) is 47.0 Å². The molecule has 1 aromatic heterocycles. The van der Waals surface area contributed by atoms with Gasteiger partial charge in [0.15, 0.2) is 0 Å². The molecule has 0 saturated carbocycles. The molecule has 112 valence electrons. The molecule has 0 saturated heterocycles. The first-order valence-electron chi connectivity index (χ1n) is 6.17. The Hall–Kier alpha value is -2.15. The third-order valence-electron chi connectivity index (χ3n) is 3.00. The number of benzene rings is 1. The molecule has 0 fully saturated rings. The van der Waals surface area contributed by atoms with Crippen LogP contribution in [-0.2, 0) is 6.18 Å². The van der Waals surface area contributed by atoms with E-state index in [1.165, 1.54) is 13.2 Å². The van der Waals surface area contributed by atoms with Crippen molar-refractivity contribution in [2.45, 2.75) is 12.2 Å². The van der Waals surface area contributed by atoms with Gasteiger partial charge in [0, 0.05) is 6.07 Å². The second-order valence-corrected chi connectivity index (χ2v) is 4.35. The monoisotopic (exact) mass is 297 g/mol. The van der Waals surface area contributed by atoms with Crippen molar-refractivity contribution in [3.8, 4) is 5.88 Å². The highest BCUT2D eigenvalue weighted by molar-refractivity contribution is 5.32. The van der Waals surface area contributed by atoms with Crippen LogP contribution in [0.25, 0.3) is 0 Å². The van der Waals surface area contributed by atoms with Gasteiger partial charge < -0.3 is 10.1 Å². The minimum absolute atomic E-state index is 0.345. The quantitative estimate of drug-likeness (QED) is 0.942. The molecule has 0 radical (unpaired) electrons. The fraction of sp³-hybridized carbons (Fsp3) is 0.286. The maximum atomic E-state index is 12.8. The molecule has 0 bridgehead atoms. The highest BCUT2D eigenvalue weighted by Crippen LogP contribution is 2.31. The average molecular weight is 297 g/mol. The van der Waals surface area contributed by atoms with Gasteiger partial charge in [0.2, 0.25) is 5.88 Å². The normalized spacial score (nSPS) is 13.0. The van der Waals surface area contributed by atoms with E-state index in [0.717, 1.165) is 12.1 Å². The molecule has 7 heteroatoms. The van der Waals surface area contributed by atoms with E-state index in [0.29, 0.717) is 17.1 Å². The zero-order valence-corrected chi connectivity index (χ0v) is 11.5. The van der Waals surface area contributed by atoms with Crippen LogP contribution in [0.1, 0.15) is 22.9 Å². The molecule has 1 atom stereocenters. The van der Waals surface area contributed by atoms with Crippen LogP contribution in [0.5, 0.6) is 5.88 Å². The van der Waals surface area contributed by atoms with E-state index in [4.69, 9.17) is 4.74 Å². The first kappa shape index (κ1) is 15.2. The summed E-state index contributed by atoms with van der Waals surface area (Å²) in [6.07, 6.45) is -4.38. The minimum Gasteiger partial charge on any atom is -0.480 e. The third kappa shape index (κ3) is 3.49. The van der Waals surface area contributed by atoms with Crippen LogP contribution in [0.15, 0.2) is 36.4 Å². The van der Waals surface area contributed by atoms with Gasteiger partial charge in [-0.1, -0.05) is 12.1 Å². The molecule has 0 spiro atoms. The standard InChI is InChI=1S/C14H14F3N3O/c1-18-13(11-6-7-12(21-2)20-19-11)9-4-3-5-10(8-9)14(15,16)17/h3-8,13,18H,1-2H3. The molecule has 4 nitrogen and oxygen atoms in total. The summed E-state index contributed by atoms with van der Waals surface area (Å²) in [4.78, 5) is 0. The number of methoxy groups -OCH3 is 1. The zero-order valence-electron chi connectivity index (χ0n) is 11.5. The molecule has 0 aliphatic heterocycles. The maximum absolute atomic E-state index is 12.8. The molecule has 0 aliphatic rings. The summed E-state index contributed by atoms with van der Waals surface area (Å²) in [7, 11) is 3.11. The lowest BCUT2D eigenvalue weighted by atomic mass is 10.0. The van der Waals surface area contributed by atoms with Crippen LogP contribution in [0.3, 0.4) is 0 Å². The number of halogens is 3. The molecule has 1 heterocycles. The molecule has 0 amide bonds. The van der Waals surface area contributed by atoms with E-state index in [-0.39, 0.29) is 0 Å². The van der Waals surface area contributed by atoms with Gasteiger partial charge in [0.1, 0.15) is 0 Å². The molecule has 1 N–H and O–H groups in total. The first-order chi connectivity index (χ1) is 9.95. The molecular weight excluding hydrogens is 283 g/mol. The summed E-state index contributed by atoms with van der Waals surface area (Å²) in [5, 5.41) is 10.7. The molecule has 0 aliphatic carbocycles. The first-order valence-corrected chi connectivity index (χ1v) is 6.17. The van der Waals surface area contributed by atoms with E-state index >= 15 is 0 Å². The summed E-state index contributed by atoms with van der Waals surface area (Å²) in [6, 6.07) is 7.92. The zero-order chi connectivity index (χ0) is 15.5. The predicted octanol–water partition coefficient (Wildman–Crippen LogP) is 2.81. The number of hydrogen-bond acceptors (Lipinski definition) is 4. The summed E-state index contributed by atoms with van der Waals surface area (Å²) >= 11 is 0. The smallest absolute Gasteiger partial charge is 0.416 e. The molecule has 2 aromatic rings. The van der Waals surface area contributed by atoms with Gasteiger partial charge in [-0.05, 0) is 30.8 Å². The summed E-state index contributed by atoms with van der Waals surface area (Å²) in [5.41, 5.74) is 0.283. The van der Waals surface area contributed by atoms with Crippen LogP contribution >= 0.6 is 0 Å². The second-order valence-electron chi connectivity index (χ2n) is 4.35. The molecular formula is C14H14F3N3O. The van der Waals surface area contributed by atoms with Gasteiger partial charge in [-0.15, -0.1) is 10.2 Å². The van der Waals surface area contributed by atoms with Gasteiger partial charge >= 0.3 is 6.18 Å². The lowest BCUT2D eigenvalue weighted by Crippen LogP contribution is -2.20. The van der Waals surface area contributed by atoms with Crippen molar-refractivity contribution in [2.24, 2.45) is 0 Å². The minimum atomic E-state index is -4.38. The highest BCUT2D eigenvalue weighted by Gasteiger charge is 2.31. The van der Waals surface area contributed by atoms with E-state index in [9.17, 15) is 13.2 Å². The fourth-order valence-electron chi connectivity index (χ4n) is 1.97. The molecule has 1 aromatic carbocycles. The van der Waals surface area contributed by atoms with E-state index in [2.05, 4.69) is 15.5 Å². The van der Waals surface area contributed by atoms with Gasteiger partial charge in [0.25, 0.3) is 0 Å². The Morgan fingerprint density at radius 2 is 1.90 bits per heavy atom. The largest absolute Gasteiger partial charge is 0.480 e. The van der Waals surface area contributed by atoms with Crippen molar-refractivity contribution in [1.29, 1.82) is 0 Å².